The molecule has 4 aromatic rings. The van der Waals surface area contributed by atoms with Crippen LogP contribution in [0.15, 0.2) is 55.4 Å². The van der Waals surface area contributed by atoms with E-state index in [1.807, 2.05) is 43.8 Å². The smallest absolute Gasteiger partial charge is 0.174 e. The number of aromatic nitrogens is 7. The molecule has 4 rings (SSSR count). The van der Waals surface area contributed by atoms with Gasteiger partial charge >= 0.3 is 0 Å². The van der Waals surface area contributed by atoms with Crippen molar-refractivity contribution in [2.75, 3.05) is 11.9 Å². The highest BCUT2D eigenvalue weighted by atomic mass is 15.3. The van der Waals surface area contributed by atoms with E-state index in [0.717, 1.165) is 22.9 Å². The van der Waals surface area contributed by atoms with Crippen molar-refractivity contribution in [2.24, 2.45) is 0 Å². The SMILES string of the molecule is Cc1cc(C)n(-c2cncc(N(C)C(C)c3ccc(-n4cncn4)cc3)n2)n1. The molecule has 142 valence electrons. The van der Waals surface area contributed by atoms with Crippen molar-refractivity contribution in [1.29, 1.82) is 0 Å². The van der Waals surface area contributed by atoms with Gasteiger partial charge < -0.3 is 4.90 Å². The van der Waals surface area contributed by atoms with Crippen LogP contribution in [0.3, 0.4) is 0 Å². The van der Waals surface area contributed by atoms with Crippen molar-refractivity contribution in [3.8, 4) is 11.5 Å². The average Bonchev–Trinajstić information content (AvgIpc) is 3.36. The number of hydrogen-bond acceptors (Lipinski definition) is 6. The normalized spacial score (nSPS) is 12.1. The van der Waals surface area contributed by atoms with Gasteiger partial charge in [0.25, 0.3) is 0 Å². The van der Waals surface area contributed by atoms with Crippen molar-refractivity contribution >= 4 is 5.82 Å². The maximum Gasteiger partial charge on any atom is 0.174 e. The molecule has 8 heteroatoms. The maximum absolute atomic E-state index is 4.76. The van der Waals surface area contributed by atoms with E-state index in [0.29, 0.717) is 5.82 Å². The predicted octanol–water partition coefficient (Wildman–Crippen LogP) is 3.06. The van der Waals surface area contributed by atoms with Crippen molar-refractivity contribution in [3.05, 3.63) is 72.3 Å². The first-order valence-corrected chi connectivity index (χ1v) is 9.06. The summed E-state index contributed by atoms with van der Waals surface area (Å²) >= 11 is 0. The molecule has 0 saturated carbocycles. The summed E-state index contributed by atoms with van der Waals surface area (Å²) in [5.41, 5.74) is 4.13. The van der Waals surface area contributed by atoms with Gasteiger partial charge in [0, 0.05) is 12.7 Å². The Hall–Kier alpha value is -3.55. The standard InChI is InChI=1S/C20H22N8/c1-14-9-15(2)28(25-14)20-11-21-10-19(24-20)26(4)16(3)17-5-7-18(8-6-17)27-13-22-12-23-27/h5-13,16H,1-4H3. The molecule has 3 heterocycles. The van der Waals surface area contributed by atoms with Gasteiger partial charge in [-0.1, -0.05) is 12.1 Å². The summed E-state index contributed by atoms with van der Waals surface area (Å²) in [6.07, 6.45) is 6.72. The van der Waals surface area contributed by atoms with Gasteiger partial charge in [0.15, 0.2) is 5.82 Å². The van der Waals surface area contributed by atoms with Gasteiger partial charge in [0.1, 0.15) is 18.5 Å². The minimum atomic E-state index is 0.120. The number of nitrogens with zero attached hydrogens (tertiary/aromatic N) is 8. The lowest BCUT2D eigenvalue weighted by molar-refractivity contribution is 0.716. The fraction of sp³-hybridized carbons (Fsp3) is 0.250. The average molecular weight is 374 g/mol. The van der Waals surface area contributed by atoms with Crippen LogP contribution < -0.4 is 4.90 Å². The second kappa shape index (κ2) is 7.22. The second-order valence-electron chi connectivity index (χ2n) is 6.79. The Balaban J connectivity index is 1.58. The number of rotatable bonds is 5. The second-order valence-corrected chi connectivity index (χ2v) is 6.79. The topological polar surface area (TPSA) is 77.5 Å². The Bertz CT molecular complexity index is 1070. The molecule has 0 saturated heterocycles. The van der Waals surface area contributed by atoms with Gasteiger partial charge in [0.05, 0.1) is 29.8 Å². The Morgan fingerprint density at radius 2 is 1.82 bits per heavy atom. The van der Waals surface area contributed by atoms with Crippen molar-refractivity contribution in [2.45, 2.75) is 26.8 Å². The summed E-state index contributed by atoms with van der Waals surface area (Å²) in [5, 5.41) is 8.66. The summed E-state index contributed by atoms with van der Waals surface area (Å²) in [5.74, 6) is 1.50. The monoisotopic (exact) mass is 374 g/mol. The van der Waals surface area contributed by atoms with Crippen LogP contribution in [0.4, 0.5) is 5.82 Å². The van der Waals surface area contributed by atoms with Crippen LogP contribution in [0.1, 0.15) is 29.9 Å². The first-order chi connectivity index (χ1) is 13.5. The Kier molecular flexibility index (Phi) is 4.60. The molecule has 1 atom stereocenters. The minimum absolute atomic E-state index is 0.120. The number of aryl methyl sites for hydroxylation is 2. The molecule has 0 radical (unpaired) electrons. The van der Waals surface area contributed by atoms with E-state index >= 15 is 0 Å². The molecule has 0 bridgehead atoms. The zero-order valence-corrected chi connectivity index (χ0v) is 16.4. The highest BCUT2D eigenvalue weighted by molar-refractivity contribution is 5.43. The first kappa shape index (κ1) is 17.8. The van der Waals surface area contributed by atoms with Crippen LogP contribution in [0.2, 0.25) is 0 Å². The van der Waals surface area contributed by atoms with E-state index in [1.165, 1.54) is 11.9 Å². The summed E-state index contributed by atoms with van der Waals surface area (Å²) in [7, 11) is 2.02. The van der Waals surface area contributed by atoms with E-state index in [-0.39, 0.29) is 6.04 Å². The van der Waals surface area contributed by atoms with Crippen LogP contribution in [0.25, 0.3) is 11.5 Å². The van der Waals surface area contributed by atoms with Gasteiger partial charge in [-0.05, 0) is 44.5 Å². The molecule has 0 amide bonds. The summed E-state index contributed by atoms with van der Waals surface area (Å²) in [4.78, 5) is 15.2. The van der Waals surface area contributed by atoms with Crippen molar-refractivity contribution < 1.29 is 0 Å². The summed E-state index contributed by atoms with van der Waals surface area (Å²) in [6.45, 7) is 6.12. The molecule has 1 unspecified atom stereocenters. The number of anilines is 1. The summed E-state index contributed by atoms with van der Waals surface area (Å²) < 4.78 is 3.55. The molecule has 8 nitrogen and oxygen atoms in total. The van der Waals surface area contributed by atoms with Crippen molar-refractivity contribution in [1.82, 2.24) is 34.5 Å². The number of hydrogen-bond donors (Lipinski definition) is 0. The quantitative estimate of drug-likeness (QED) is 0.534. The molecular weight excluding hydrogens is 352 g/mol. The highest BCUT2D eigenvalue weighted by Gasteiger charge is 2.16. The van der Waals surface area contributed by atoms with E-state index in [2.05, 4.69) is 44.1 Å². The molecule has 1 aromatic carbocycles. The third kappa shape index (κ3) is 3.36. The molecule has 0 aliphatic heterocycles. The minimum Gasteiger partial charge on any atom is -0.352 e. The summed E-state index contributed by atoms with van der Waals surface area (Å²) in [6, 6.07) is 10.4. The Morgan fingerprint density at radius 3 is 2.46 bits per heavy atom. The Labute approximate surface area is 163 Å². The fourth-order valence-electron chi connectivity index (χ4n) is 3.15. The molecule has 3 aromatic heterocycles. The predicted molar refractivity (Wildman–Crippen MR) is 107 cm³/mol. The molecule has 0 spiro atoms. The molecular formula is C20H22N8. The molecule has 0 fully saturated rings. The lowest BCUT2D eigenvalue weighted by Gasteiger charge is -2.26. The maximum atomic E-state index is 4.76. The van der Waals surface area contributed by atoms with E-state index in [9.17, 15) is 0 Å². The van der Waals surface area contributed by atoms with Crippen molar-refractivity contribution in [3.63, 3.8) is 0 Å². The van der Waals surface area contributed by atoms with Crippen LogP contribution in [0.5, 0.6) is 0 Å². The zero-order chi connectivity index (χ0) is 19.7. The number of benzene rings is 1. The zero-order valence-electron chi connectivity index (χ0n) is 16.4. The molecule has 0 aliphatic rings. The molecule has 28 heavy (non-hydrogen) atoms. The largest absolute Gasteiger partial charge is 0.352 e. The fourth-order valence-corrected chi connectivity index (χ4v) is 3.15. The molecule has 0 aliphatic carbocycles. The lowest BCUT2D eigenvalue weighted by Crippen LogP contribution is -2.23. The first-order valence-electron chi connectivity index (χ1n) is 9.06. The van der Waals surface area contributed by atoms with Gasteiger partial charge in [-0.25, -0.2) is 19.3 Å². The van der Waals surface area contributed by atoms with Gasteiger partial charge in [-0.3, -0.25) is 4.98 Å². The highest BCUT2D eigenvalue weighted by Crippen LogP contribution is 2.25. The lowest BCUT2D eigenvalue weighted by atomic mass is 10.1. The third-order valence-electron chi connectivity index (χ3n) is 4.84. The van der Waals surface area contributed by atoms with Crippen LogP contribution >= 0.6 is 0 Å². The van der Waals surface area contributed by atoms with E-state index < -0.39 is 0 Å². The Morgan fingerprint density at radius 1 is 1.04 bits per heavy atom. The van der Waals surface area contributed by atoms with Gasteiger partial charge in [-0.15, -0.1) is 0 Å². The van der Waals surface area contributed by atoms with Gasteiger partial charge in [0.2, 0.25) is 0 Å². The van der Waals surface area contributed by atoms with Gasteiger partial charge in [-0.2, -0.15) is 10.2 Å². The molecule has 0 N–H and O–H groups in total. The van der Waals surface area contributed by atoms with Crippen LogP contribution in [0, 0.1) is 13.8 Å². The van der Waals surface area contributed by atoms with Crippen LogP contribution in [-0.4, -0.2) is 41.6 Å². The van der Waals surface area contributed by atoms with Crippen LogP contribution in [-0.2, 0) is 0 Å². The van der Waals surface area contributed by atoms with E-state index in [1.54, 1.807) is 23.4 Å². The third-order valence-corrected chi connectivity index (χ3v) is 4.84. The van der Waals surface area contributed by atoms with E-state index in [4.69, 9.17) is 4.98 Å².